The second-order valence-corrected chi connectivity index (χ2v) is 4.87. The third-order valence-electron chi connectivity index (χ3n) is 3.67. The average molecular weight is 202 g/mol. The second kappa shape index (κ2) is 3.62. The Bertz CT molecular complexity index is 361. The summed E-state index contributed by atoms with van der Waals surface area (Å²) in [6.07, 6.45) is 1.22. The van der Waals surface area contributed by atoms with E-state index in [0.717, 1.165) is 19.1 Å². The molecule has 1 N–H and O–H groups in total. The van der Waals surface area contributed by atoms with E-state index in [0.29, 0.717) is 6.04 Å². The molecule has 0 amide bonds. The van der Waals surface area contributed by atoms with Gasteiger partial charge < -0.3 is 5.32 Å². The topological polar surface area (TPSA) is 15.3 Å². The maximum Gasteiger partial charge on any atom is 0.0265 e. The van der Waals surface area contributed by atoms with Gasteiger partial charge in [0.15, 0.2) is 0 Å². The Kier molecular flexibility index (Phi) is 2.26. The van der Waals surface area contributed by atoms with Crippen molar-refractivity contribution in [2.24, 2.45) is 0 Å². The van der Waals surface area contributed by atoms with E-state index < -0.39 is 0 Å². The molecule has 1 aromatic carbocycles. The van der Waals surface area contributed by atoms with Gasteiger partial charge in [-0.05, 0) is 24.5 Å². The lowest BCUT2D eigenvalue weighted by molar-refractivity contribution is 0.116. The average Bonchev–Trinajstić information content (AvgIpc) is 2.26. The quantitative estimate of drug-likeness (QED) is 0.684. The van der Waals surface area contributed by atoms with E-state index >= 15 is 0 Å². The van der Waals surface area contributed by atoms with Gasteiger partial charge >= 0.3 is 0 Å². The van der Waals surface area contributed by atoms with Crippen LogP contribution in [0.3, 0.4) is 0 Å². The van der Waals surface area contributed by atoms with E-state index in [9.17, 15) is 0 Å². The first kappa shape index (κ1) is 9.37. The molecule has 2 aliphatic rings. The molecule has 3 rings (SSSR count). The maximum atomic E-state index is 3.57. The Morgan fingerprint density at radius 1 is 1.27 bits per heavy atom. The molecular formula is C13H18N2. The van der Waals surface area contributed by atoms with Crippen molar-refractivity contribution < 1.29 is 0 Å². The van der Waals surface area contributed by atoms with Crippen LogP contribution in [0.25, 0.3) is 0 Å². The summed E-state index contributed by atoms with van der Waals surface area (Å²) < 4.78 is 0. The summed E-state index contributed by atoms with van der Waals surface area (Å²) in [5.74, 6) is 0. The monoisotopic (exact) mass is 202 g/mol. The van der Waals surface area contributed by atoms with Crippen molar-refractivity contribution in [3.05, 3.63) is 35.4 Å². The number of rotatable bonds is 0. The van der Waals surface area contributed by atoms with E-state index in [1.54, 1.807) is 5.56 Å². The molecule has 0 aliphatic carbocycles. The van der Waals surface area contributed by atoms with E-state index in [1.807, 2.05) is 0 Å². The zero-order valence-corrected chi connectivity index (χ0v) is 9.24. The molecule has 2 atom stereocenters. The Labute approximate surface area is 91.3 Å². The highest BCUT2D eigenvalue weighted by Gasteiger charge is 2.29. The summed E-state index contributed by atoms with van der Waals surface area (Å²) in [7, 11) is 0. The van der Waals surface area contributed by atoms with Crippen molar-refractivity contribution >= 4 is 0 Å². The molecule has 0 bridgehead atoms. The van der Waals surface area contributed by atoms with Gasteiger partial charge in [-0.3, -0.25) is 4.90 Å². The number of benzene rings is 1. The van der Waals surface area contributed by atoms with E-state index in [4.69, 9.17) is 0 Å². The van der Waals surface area contributed by atoms with Crippen LogP contribution in [0, 0.1) is 0 Å². The largest absolute Gasteiger partial charge is 0.311 e. The highest BCUT2D eigenvalue weighted by Crippen LogP contribution is 2.24. The van der Waals surface area contributed by atoms with E-state index in [1.165, 1.54) is 18.5 Å². The predicted octanol–water partition coefficient (Wildman–Crippen LogP) is 1.41. The van der Waals surface area contributed by atoms with Crippen LogP contribution in [-0.4, -0.2) is 30.1 Å². The van der Waals surface area contributed by atoms with Crippen LogP contribution < -0.4 is 5.32 Å². The lowest BCUT2D eigenvalue weighted by Crippen LogP contribution is -2.57. The van der Waals surface area contributed by atoms with Gasteiger partial charge in [-0.25, -0.2) is 0 Å². The summed E-state index contributed by atoms with van der Waals surface area (Å²) in [4.78, 5) is 2.63. The van der Waals surface area contributed by atoms with Crippen molar-refractivity contribution in [2.45, 2.75) is 32.0 Å². The van der Waals surface area contributed by atoms with Crippen molar-refractivity contribution in [1.82, 2.24) is 10.2 Å². The molecule has 15 heavy (non-hydrogen) atoms. The highest BCUT2D eigenvalue weighted by atomic mass is 15.2. The number of piperazine rings is 1. The molecule has 0 aromatic heterocycles. The first-order valence-corrected chi connectivity index (χ1v) is 5.87. The van der Waals surface area contributed by atoms with Crippen molar-refractivity contribution in [1.29, 1.82) is 0 Å². The summed E-state index contributed by atoms with van der Waals surface area (Å²) in [5, 5.41) is 3.57. The Morgan fingerprint density at radius 2 is 2.07 bits per heavy atom. The Morgan fingerprint density at radius 3 is 2.93 bits per heavy atom. The summed E-state index contributed by atoms with van der Waals surface area (Å²) >= 11 is 0. The molecule has 0 saturated carbocycles. The normalized spacial score (nSPS) is 30.7. The first-order valence-electron chi connectivity index (χ1n) is 5.87. The smallest absolute Gasteiger partial charge is 0.0265 e. The summed E-state index contributed by atoms with van der Waals surface area (Å²) in [5.41, 5.74) is 3.08. The van der Waals surface area contributed by atoms with Crippen LogP contribution in [0.2, 0.25) is 0 Å². The molecule has 2 heteroatoms. The molecule has 1 saturated heterocycles. The number of hydrogen-bond donors (Lipinski definition) is 1. The van der Waals surface area contributed by atoms with Crippen molar-refractivity contribution in [3.8, 4) is 0 Å². The lowest BCUT2D eigenvalue weighted by Gasteiger charge is -2.43. The third-order valence-corrected chi connectivity index (χ3v) is 3.67. The molecule has 1 fully saturated rings. The molecular weight excluding hydrogens is 184 g/mol. The van der Waals surface area contributed by atoms with Crippen LogP contribution in [0.15, 0.2) is 24.3 Å². The number of nitrogens with one attached hydrogen (secondary N) is 1. The van der Waals surface area contributed by atoms with Gasteiger partial charge in [-0.15, -0.1) is 0 Å². The van der Waals surface area contributed by atoms with Gasteiger partial charge in [0, 0.05) is 31.7 Å². The number of fused-ring (bicyclic) bond motifs is 2. The van der Waals surface area contributed by atoms with E-state index in [2.05, 4.69) is 41.4 Å². The van der Waals surface area contributed by atoms with Gasteiger partial charge in [-0.2, -0.15) is 0 Å². The van der Waals surface area contributed by atoms with Crippen molar-refractivity contribution in [3.63, 3.8) is 0 Å². The lowest BCUT2D eigenvalue weighted by atomic mass is 9.92. The third kappa shape index (κ3) is 1.68. The molecule has 2 aliphatic heterocycles. The highest BCUT2D eigenvalue weighted by molar-refractivity contribution is 5.30. The van der Waals surface area contributed by atoms with Crippen LogP contribution in [0.4, 0.5) is 0 Å². The molecule has 2 heterocycles. The fraction of sp³-hybridized carbons (Fsp3) is 0.538. The van der Waals surface area contributed by atoms with Gasteiger partial charge in [0.1, 0.15) is 0 Å². The van der Waals surface area contributed by atoms with Gasteiger partial charge in [0.25, 0.3) is 0 Å². The second-order valence-electron chi connectivity index (χ2n) is 4.87. The van der Waals surface area contributed by atoms with Gasteiger partial charge in [0.05, 0.1) is 0 Å². The fourth-order valence-electron chi connectivity index (χ4n) is 2.81. The molecule has 2 nitrogen and oxygen atoms in total. The minimum Gasteiger partial charge on any atom is -0.311 e. The number of nitrogens with zero attached hydrogens (tertiary/aromatic N) is 1. The van der Waals surface area contributed by atoms with Crippen LogP contribution >= 0.6 is 0 Å². The van der Waals surface area contributed by atoms with Crippen LogP contribution in [0.5, 0.6) is 0 Å². The Hall–Kier alpha value is -0.860. The summed E-state index contributed by atoms with van der Waals surface area (Å²) in [6.45, 7) is 5.76. The standard InChI is InChI=1S/C13H18N2/c1-10-8-15-9-12-5-3-2-4-11(12)6-13(15)7-14-10/h2-5,10,13-14H,6-9H2,1H3. The predicted molar refractivity (Wildman–Crippen MR) is 61.8 cm³/mol. The zero-order valence-electron chi connectivity index (χ0n) is 9.24. The molecule has 1 aromatic rings. The SMILES string of the molecule is CC1CN2Cc3ccccc3CC2CN1. The maximum absolute atomic E-state index is 3.57. The molecule has 0 radical (unpaired) electrons. The first-order chi connectivity index (χ1) is 7.33. The number of hydrogen-bond acceptors (Lipinski definition) is 2. The Balaban J connectivity index is 1.87. The zero-order chi connectivity index (χ0) is 10.3. The van der Waals surface area contributed by atoms with Gasteiger partial charge in [0.2, 0.25) is 0 Å². The minimum atomic E-state index is 0.645. The minimum absolute atomic E-state index is 0.645. The van der Waals surface area contributed by atoms with Crippen LogP contribution in [0.1, 0.15) is 18.1 Å². The van der Waals surface area contributed by atoms with E-state index in [-0.39, 0.29) is 0 Å². The fourth-order valence-corrected chi connectivity index (χ4v) is 2.81. The summed E-state index contributed by atoms with van der Waals surface area (Å²) in [6, 6.07) is 10.2. The van der Waals surface area contributed by atoms with Crippen LogP contribution in [-0.2, 0) is 13.0 Å². The van der Waals surface area contributed by atoms with Crippen molar-refractivity contribution in [2.75, 3.05) is 13.1 Å². The molecule has 2 unspecified atom stereocenters. The van der Waals surface area contributed by atoms with Gasteiger partial charge in [-0.1, -0.05) is 24.3 Å². The molecule has 0 spiro atoms. The molecule has 80 valence electrons.